The molecule has 2 bridgehead atoms. The highest BCUT2D eigenvalue weighted by Gasteiger charge is 2.59. The zero-order chi connectivity index (χ0) is 17.6. The van der Waals surface area contributed by atoms with Gasteiger partial charge in [-0.05, 0) is 38.2 Å². The van der Waals surface area contributed by atoms with Crippen LogP contribution in [0.1, 0.15) is 25.5 Å². The minimum absolute atomic E-state index is 0.347. The SMILES string of the molecule is CCN1C(=S)NC2c3cc(Br)cc(OC)c3OC1(C)C2C(=O)OC. The molecular formula is C16H19BrN2O4S. The van der Waals surface area contributed by atoms with Crippen LogP contribution in [0, 0.1) is 5.92 Å². The molecule has 0 amide bonds. The van der Waals surface area contributed by atoms with Gasteiger partial charge in [-0.25, -0.2) is 0 Å². The van der Waals surface area contributed by atoms with Crippen LogP contribution in [0.5, 0.6) is 11.5 Å². The molecule has 2 aliphatic rings. The molecule has 6 nitrogen and oxygen atoms in total. The smallest absolute Gasteiger partial charge is 0.317 e. The molecule has 0 saturated carbocycles. The minimum atomic E-state index is -0.955. The third-order valence-electron chi connectivity index (χ3n) is 4.65. The molecule has 1 fully saturated rings. The van der Waals surface area contributed by atoms with Crippen molar-refractivity contribution in [1.29, 1.82) is 0 Å². The maximum atomic E-state index is 12.5. The molecule has 130 valence electrons. The van der Waals surface area contributed by atoms with Gasteiger partial charge in [0.25, 0.3) is 0 Å². The van der Waals surface area contributed by atoms with Crippen molar-refractivity contribution in [3.05, 3.63) is 22.2 Å². The number of methoxy groups -OCH3 is 2. The first-order chi connectivity index (χ1) is 11.4. The summed E-state index contributed by atoms with van der Waals surface area (Å²) in [5, 5.41) is 3.82. The summed E-state index contributed by atoms with van der Waals surface area (Å²) in [6.45, 7) is 4.42. The van der Waals surface area contributed by atoms with Crippen LogP contribution in [0.4, 0.5) is 0 Å². The number of carbonyl (C=O) groups is 1. The number of thiocarbonyl (C=S) groups is 1. The highest BCUT2D eigenvalue weighted by atomic mass is 79.9. The fourth-order valence-electron chi connectivity index (χ4n) is 3.58. The largest absolute Gasteiger partial charge is 0.493 e. The molecule has 3 unspecified atom stereocenters. The monoisotopic (exact) mass is 414 g/mol. The van der Waals surface area contributed by atoms with Gasteiger partial charge in [-0.15, -0.1) is 0 Å². The predicted octanol–water partition coefficient (Wildman–Crippen LogP) is 2.61. The van der Waals surface area contributed by atoms with E-state index in [1.807, 2.05) is 30.9 Å². The van der Waals surface area contributed by atoms with Gasteiger partial charge in [0.05, 0.1) is 20.3 Å². The first-order valence-corrected chi connectivity index (χ1v) is 8.79. The van der Waals surface area contributed by atoms with Crippen LogP contribution in [0.3, 0.4) is 0 Å². The Balaban J connectivity index is 2.25. The lowest BCUT2D eigenvalue weighted by Gasteiger charge is -2.55. The molecule has 0 radical (unpaired) electrons. The summed E-state index contributed by atoms with van der Waals surface area (Å²) < 4.78 is 17.7. The van der Waals surface area contributed by atoms with Crippen molar-refractivity contribution in [2.24, 2.45) is 5.92 Å². The van der Waals surface area contributed by atoms with Crippen molar-refractivity contribution in [3.63, 3.8) is 0 Å². The number of carbonyl (C=O) groups excluding carboxylic acids is 1. The maximum Gasteiger partial charge on any atom is 0.317 e. The van der Waals surface area contributed by atoms with Crippen molar-refractivity contribution in [3.8, 4) is 11.5 Å². The van der Waals surface area contributed by atoms with Gasteiger partial charge < -0.3 is 24.4 Å². The second-order valence-electron chi connectivity index (χ2n) is 5.86. The molecule has 24 heavy (non-hydrogen) atoms. The van der Waals surface area contributed by atoms with E-state index in [1.54, 1.807) is 7.11 Å². The molecule has 3 rings (SSSR count). The Morgan fingerprint density at radius 2 is 2.21 bits per heavy atom. The quantitative estimate of drug-likeness (QED) is 0.602. The number of esters is 1. The van der Waals surface area contributed by atoms with Crippen LogP contribution < -0.4 is 14.8 Å². The zero-order valence-corrected chi connectivity index (χ0v) is 16.3. The molecule has 2 heterocycles. The highest BCUT2D eigenvalue weighted by Crippen LogP contribution is 2.52. The molecular weight excluding hydrogens is 396 g/mol. The summed E-state index contributed by atoms with van der Waals surface area (Å²) in [6, 6.07) is 3.40. The van der Waals surface area contributed by atoms with Crippen molar-refractivity contribution in [2.75, 3.05) is 20.8 Å². The van der Waals surface area contributed by atoms with Gasteiger partial charge in [-0.3, -0.25) is 4.79 Å². The average Bonchev–Trinajstić information content (AvgIpc) is 2.54. The fraction of sp³-hybridized carbons (Fsp3) is 0.500. The topological polar surface area (TPSA) is 60.0 Å². The zero-order valence-electron chi connectivity index (χ0n) is 13.9. The van der Waals surface area contributed by atoms with Crippen molar-refractivity contribution >= 4 is 39.2 Å². The molecule has 1 N–H and O–H groups in total. The lowest BCUT2D eigenvalue weighted by atomic mass is 9.79. The van der Waals surface area contributed by atoms with Crippen LogP contribution in [0.15, 0.2) is 16.6 Å². The number of rotatable bonds is 3. The third kappa shape index (κ3) is 2.35. The van der Waals surface area contributed by atoms with E-state index in [9.17, 15) is 4.79 Å². The Morgan fingerprint density at radius 3 is 2.79 bits per heavy atom. The van der Waals surface area contributed by atoms with E-state index in [4.69, 9.17) is 26.4 Å². The van der Waals surface area contributed by atoms with E-state index in [1.165, 1.54) is 7.11 Å². The molecule has 1 saturated heterocycles. The van der Waals surface area contributed by atoms with E-state index in [0.717, 1.165) is 10.0 Å². The van der Waals surface area contributed by atoms with Crippen LogP contribution >= 0.6 is 28.1 Å². The van der Waals surface area contributed by atoms with Crippen LogP contribution in [-0.4, -0.2) is 42.5 Å². The Bertz CT molecular complexity index is 714. The van der Waals surface area contributed by atoms with Gasteiger partial charge in [0.1, 0.15) is 5.92 Å². The standard InChI is InChI=1S/C16H19BrN2O4S/c1-5-19-15(24)18-12-9-6-8(17)7-10(21-3)13(9)23-16(19,2)11(12)14(20)22-4/h6-7,11-12H,5H2,1-4H3,(H,18,24). The Hall–Kier alpha value is -1.54. The van der Waals surface area contributed by atoms with Gasteiger partial charge in [-0.2, -0.15) is 0 Å². The van der Waals surface area contributed by atoms with Gasteiger partial charge in [-0.1, -0.05) is 15.9 Å². The summed E-state index contributed by atoms with van der Waals surface area (Å²) in [7, 11) is 2.97. The Labute approximate surface area is 154 Å². The molecule has 0 spiro atoms. The number of hydrogen-bond donors (Lipinski definition) is 1. The van der Waals surface area contributed by atoms with E-state index in [0.29, 0.717) is 23.2 Å². The highest BCUT2D eigenvalue weighted by molar-refractivity contribution is 9.10. The maximum absolute atomic E-state index is 12.5. The number of hydrogen-bond acceptors (Lipinski definition) is 5. The first kappa shape index (κ1) is 17.3. The van der Waals surface area contributed by atoms with Gasteiger partial charge in [0.2, 0.25) is 0 Å². The van der Waals surface area contributed by atoms with Gasteiger partial charge >= 0.3 is 5.97 Å². The Kier molecular flexibility index (Phi) is 4.37. The number of benzene rings is 1. The normalized spacial score (nSPS) is 27.7. The van der Waals surface area contributed by atoms with Gasteiger partial charge in [0, 0.05) is 16.6 Å². The third-order valence-corrected chi connectivity index (χ3v) is 5.45. The van der Waals surface area contributed by atoms with E-state index in [-0.39, 0.29) is 12.0 Å². The molecule has 3 atom stereocenters. The van der Waals surface area contributed by atoms with E-state index in [2.05, 4.69) is 21.2 Å². The minimum Gasteiger partial charge on any atom is -0.493 e. The number of halogens is 1. The predicted molar refractivity (Wildman–Crippen MR) is 96.1 cm³/mol. The second-order valence-corrected chi connectivity index (χ2v) is 7.16. The van der Waals surface area contributed by atoms with Crippen LogP contribution in [0.2, 0.25) is 0 Å². The summed E-state index contributed by atoms with van der Waals surface area (Å²) in [5.41, 5.74) is -0.143. The lowest BCUT2D eigenvalue weighted by Crippen LogP contribution is -2.71. The molecule has 8 heteroatoms. The molecule has 1 aromatic rings. The summed E-state index contributed by atoms with van der Waals surface area (Å²) >= 11 is 8.97. The average molecular weight is 415 g/mol. The van der Waals surface area contributed by atoms with Crippen molar-refractivity contribution < 1.29 is 19.0 Å². The van der Waals surface area contributed by atoms with E-state index >= 15 is 0 Å². The lowest BCUT2D eigenvalue weighted by molar-refractivity contribution is -0.172. The number of nitrogens with zero attached hydrogens (tertiary/aromatic N) is 1. The van der Waals surface area contributed by atoms with Gasteiger partial charge in [0.15, 0.2) is 22.3 Å². The summed E-state index contributed by atoms with van der Waals surface area (Å²) in [6.07, 6.45) is 0. The van der Waals surface area contributed by atoms with Crippen molar-refractivity contribution in [2.45, 2.75) is 25.6 Å². The molecule has 1 aromatic carbocycles. The number of fused-ring (bicyclic) bond motifs is 4. The summed E-state index contributed by atoms with van der Waals surface area (Å²) in [5.74, 6) is 0.299. The number of ether oxygens (including phenoxy) is 3. The van der Waals surface area contributed by atoms with Crippen LogP contribution in [0.25, 0.3) is 0 Å². The molecule has 2 aliphatic heterocycles. The van der Waals surface area contributed by atoms with Crippen molar-refractivity contribution in [1.82, 2.24) is 10.2 Å². The van der Waals surface area contributed by atoms with Crippen LogP contribution in [-0.2, 0) is 9.53 Å². The van der Waals surface area contributed by atoms with E-state index < -0.39 is 11.6 Å². The summed E-state index contributed by atoms with van der Waals surface area (Å²) in [4.78, 5) is 14.4. The Morgan fingerprint density at radius 1 is 1.50 bits per heavy atom. The molecule has 0 aliphatic carbocycles. The first-order valence-electron chi connectivity index (χ1n) is 7.59. The second kappa shape index (κ2) is 6.07. The number of nitrogens with one attached hydrogen (secondary N) is 1. The fourth-order valence-corrected chi connectivity index (χ4v) is 4.47. The molecule has 0 aromatic heterocycles.